The van der Waals surface area contributed by atoms with Crippen molar-refractivity contribution in [3.63, 3.8) is 0 Å². The van der Waals surface area contributed by atoms with E-state index in [4.69, 9.17) is 0 Å². The highest BCUT2D eigenvalue weighted by atomic mass is 32.1. The summed E-state index contributed by atoms with van der Waals surface area (Å²) in [5.74, 6) is 0. The lowest BCUT2D eigenvalue weighted by Gasteiger charge is -2.03. The predicted molar refractivity (Wildman–Crippen MR) is 140 cm³/mol. The highest BCUT2D eigenvalue weighted by Crippen LogP contribution is 2.16. The summed E-state index contributed by atoms with van der Waals surface area (Å²) in [6.07, 6.45) is 24.6. The van der Waals surface area contributed by atoms with Gasteiger partial charge in [-0.1, -0.05) is 66.4 Å². The highest BCUT2D eigenvalue weighted by Gasteiger charge is 1.96. The summed E-state index contributed by atoms with van der Waals surface area (Å²) in [5, 5.41) is 4.43. The van der Waals surface area contributed by atoms with Crippen LogP contribution in [0.1, 0.15) is 111 Å². The van der Waals surface area contributed by atoms with Gasteiger partial charge in [0.25, 0.3) is 0 Å². The highest BCUT2D eigenvalue weighted by molar-refractivity contribution is 7.07. The van der Waals surface area contributed by atoms with E-state index < -0.39 is 0 Å². The zero-order chi connectivity index (χ0) is 22.0. The molecule has 0 aliphatic rings. The topological polar surface area (TPSA) is 0 Å². The van der Waals surface area contributed by atoms with Gasteiger partial charge in [-0.15, -0.1) is 0 Å². The van der Waals surface area contributed by atoms with Crippen LogP contribution < -0.4 is 0 Å². The Hall–Kier alpha value is -1.34. The SMILES string of the molecule is CCCCC/C(C)=C/CC/C(C)=C/CC/C(C)=C/CC/C(C)=C/CCc1ccsc1. The lowest BCUT2D eigenvalue weighted by atomic mass is 10.0. The Morgan fingerprint density at radius 3 is 1.67 bits per heavy atom. The minimum absolute atomic E-state index is 1.17. The largest absolute Gasteiger partial charge is 0.152 e. The van der Waals surface area contributed by atoms with Gasteiger partial charge >= 0.3 is 0 Å². The maximum atomic E-state index is 2.45. The molecule has 1 aromatic rings. The normalized spacial score (nSPS) is 13.9. The first-order valence-corrected chi connectivity index (χ1v) is 13.1. The number of thiophene rings is 1. The van der Waals surface area contributed by atoms with E-state index in [1.54, 1.807) is 22.5 Å². The van der Waals surface area contributed by atoms with Crippen LogP contribution in [0.25, 0.3) is 0 Å². The maximum Gasteiger partial charge on any atom is -0.00611 e. The van der Waals surface area contributed by atoms with Crippen molar-refractivity contribution >= 4 is 11.3 Å². The lowest BCUT2D eigenvalue weighted by Crippen LogP contribution is -1.84. The summed E-state index contributed by atoms with van der Waals surface area (Å²) in [5.41, 5.74) is 7.66. The predicted octanol–water partition coefficient (Wildman–Crippen LogP) is 10.4. The first-order valence-electron chi connectivity index (χ1n) is 12.1. The van der Waals surface area contributed by atoms with Crippen molar-refractivity contribution in [1.29, 1.82) is 0 Å². The Kier molecular flexibility index (Phi) is 15.4. The van der Waals surface area contributed by atoms with Crippen LogP contribution in [0.3, 0.4) is 0 Å². The smallest absolute Gasteiger partial charge is 0.00611 e. The molecular weight excluding hydrogens is 380 g/mol. The van der Waals surface area contributed by atoms with Crippen molar-refractivity contribution in [2.75, 3.05) is 0 Å². The van der Waals surface area contributed by atoms with E-state index in [0.29, 0.717) is 0 Å². The van der Waals surface area contributed by atoms with Crippen molar-refractivity contribution in [2.45, 2.75) is 112 Å². The molecule has 0 spiro atoms. The summed E-state index contributed by atoms with van der Waals surface area (Å²) < 4.78 is 0. The number of hydrogen-bond donors (Lipinski definition) is 0. The quantitative estimate of drug-likeness (QED) is 0.182. The molecule has 0 saturated heterocycles. The van der Waals surface area contributed by atoms with Crippen LogP contribution in [0, 0.1) is 0 Å². The maximum absolute atomic E-state index is 2.45. The molecule has 1 rings (SSSR count). The summed E-state index contributed by atoms with van der Waals surface area (Å²) in [6, 6.07) is 2.24. The molecule has 0 N–H and O–H groups in total. The van der Waals surface area contributed by atoms with Crippen LogP contribution in [0.2, 0.25) is 0 Å². The standard InChI is InChI=1S/C29H46S/c1-6-7-8-13-25(2)14-9-15-26(3)16-10-17-27(4)18-11-19-28(5)20-12-21-29-22-23-30-24-29/h14,16,18,20,22-24H,6-13,15,17,19,21H2,1-5H3/b25-14+,26-16+,27-18+,28-20+. The monoisotopic (exact) mass is 426 g/mol. The van der Waals surface area contributed by atoms with Crippen LogP contribution in [0.4, 0.5) is 0 Å². The summed E-state index contributed by atoms with van der Waals surface area (Å²) in [4.78, 5) is 0. The van der Waals surface area contributed by atoms with E-state index in [0.717, 1.165) is 0 Å². The van der Waals surface area contributed by atoms with Gasteiger partial charge in [-0.2, -0.15) is 11.3 Å². The molecule has 0 nitrogen and oxygen atoms in total. The van der Waals surface area contributed by atoms with Gasteiger partial charge in [0.15, 0.2) is 0 Å². The van der Waals surface area contributed by atoms with E-state index in [1.807, 2.05) is 0 Å². The van der Waals surface area contributed by atoms with Crippen molar-refractivity contribution < 1.29 is 0 Å². The van der Waals surface area contributed by atoms with Gasteiger partial charge in [0.05, 0.1) is 0 Å². The first-order chi connectivity index (χ1) is 14.5. The van der Waals surface area contributed by atoms with Crippen LogP contribution in [-0.4, -0.2) is 0 Å². The molecule has 0 aliphatic carbocycles. The molecule has 1 aromatic heterocycles. The van der Waals surface area contributed by atoms with Crippen molar-refractivity contribution in [2.24, 2.45) is 0 Å². The Balaban J connectivity index is 2.17. The van der Waals surface area contributed by atoms with E-state index in [1.165, 1.54) is 93.8 Å². The fraction of sp³-hybridized carbons (Fsp3) is 0.586. The molecule has 0 radical (unpaired) electrons. The zero-order valence-corrected chi connectivity index (χ0v) is 21.3. The van der Waals surface area contributed by atoms with E-state index in [-0.39, 0.29) is 0 Å². The second kappa shape index (κ2) is 17.4. The Morgan fingerprint density at radius 2 is 1.20 bits per heavy atom. The molecule has 0 saturated carbocycles. The van der Waals surface area contributed by atoms with Crippen LogP contribution in [0.15, 0.2) is 63.4 Å². The molecule has 0 fully saturated rings. The lowest BCUT2D eigenvalue weighted by molar-refractivity contribution is 0.710. The molecule has 0 amide bonds. The van der Waals surface area contributed by atoms with Gasteiger partial charge in [0, 0.05) is 0 Å². The van der Waals surface area contributed by atoms with Crippen molar-refractivity contribution in [1.82, 2.24) is 0 Å². The molecule has 168 valence electrons. The van der Waals surface area contributed by atoms with Crippen molar-refractivity contribution in [3.8, 4) is 0 Å². The molecule has 1 heteroatoms. The molecule has 0 aliphatic heterocycles. The Labute approximate surface area is 191 Å². The van der Waals surface area contributed by atoms with Gasteiger partial charge in [-0.3, -0.25) is 0 Å². The minimum atomic E-state index is 1.17. The fourth-order valence-corrected chi connectivity index (χ4v) is 4.32. The molecule has 0 unspecified atom stereocenters. The first kappa shape index (κ1) is 26.7. The zero-order valence-electron chi connectivity index (χ0n) is 20.4. The van der Waals surface area contributed by atoms with Gasteiger partial charge in [0.2, 0.25) is 0 Å². The van der Waals surface area contributed by atoms with E-state index >= 15 is 0 Å². The second-order valence-electron chi connectivity index (χ2n) is 8.95. The number of allylic oxidation sites excluding steroid dienone is 8. The summed E-state index contributed by atoms with van der Waals surface area (Å²) in [6.45, 7) is 11.4. The van der Waals surface area contributed by atoms with Gasteiger partial charge in [-0.05, 0) is 114 Å². The minimum Gasteiger partial charge on any atom is -0.152 e. The third-order valence-electron chi connectivity index (χ3n) is 5.78. The van der Waals surface area contributed by atoms with Crippen LogP contribution in [-0.2, 0) is 6.42 Å². The number of aryl methyl sites for hydroxylation is 1. The van der Waals surface area contributed by atoms with E-state index in [9.17, 15) is 0 Å². The third kappa shape index (κ3) is 14.6. The number of rotatable bonds is 16. The van der Waals surface area contributed by atoms with Gasteiger partial charge < -0.3 is 0 Å². The van der Waals surface area contributed by atoms with E-state index in [2.05, 4.69) is 75.7 Å². The molecule has 0 aromatic carbocycles. The average molecular weight is 427 g/mol. The van der Waals surface area contributed by atoms with Gasteiger partial charge in [0.1, 0.15) is 0 Å². The molecule has 0 atom stereocenters. The van der Waals surface area contributed by atoms with Crippen molar-refractivity contribution in [3.05, 3.63) is 69.0 Å². The summed E-state index contributed by atoms with van der Waals surface area (Å²) >= 11 is 1.80. The Morgan fingerprint density at radius 1 is 0.700 bits per heavy atom. The Bertz CT molecular complexity index is 667. The second-order valence-corrected chi connectivity index (χ2v) is 9.73. The molecule has 30 heavy (non-hydrogen) atoms. The number of unbranched alkanes of at least 4 members (excludes halogenated alkanes) is 2. The average Bonchev–Trinajstić information content (AvgIpc) is 3.22. The number of hydrogen-bond acceptors (Lipinski definition) is 1. The van der Waals surface area contributed by atoms with Crippen LogP contribution in [0.5, 0.6) is 0 Å². The molecule has 0 bridgehead atoms. The fourth-order valence-electron chi connectivity index (χ4n) is 3.62. The van der Waals surface area contributed by atoms with Gasteiger partial charge in [-0.25, -0.2) is 0 Å². The third-order valence-corrected chi connectivity index (χ3v) is 6.51. The van der Waals surface area contributed by atoms with Crippen LogP contribution >= 0.6 is 11.3 Å². The molecular formula is C29H46S. The summed E-state index contributed by atoms with van der Waals surface area (Å²) in [7, 11) is 0. The molecule has 1 heterocycles.